The van der Waals surface area contributed by atoms with Gasteiger partial charge in [0.25, 0.3) is 11.8 Å². The number of hydrogen-bond donors (Lipinski definition) is 3. The average Bonchev–Trinajstić information content (AvgIpc) is 2.49. The Balaban J connectivity index is 3.69. The van der Waals surface area contributed by atoms with Gasteiger partial charge in [-0.25, -0.2) is 0 Å². The van der Waals surface area contributed by atoms with Crippen molar-refractivity contribution in [1.82, 2.24) is 10.6 Å². The number of Topliss-reactive ketones (excluding diaryl/α,β-unsaturated/α-hetero) is 1. The van der Waals surface area contributed by atoms with E-state index < -0.39 is 11.8 Å². The van der Waals surface area contributed by atoms with Crippen LogP contribution in [0.25, 0.3) is 0 Å². The van der Waals surface area contributed by atoms with Crippen molar-refractivity contribution in [3.05, 3.63) is 0 Å². The van der Waals surface area contributed by atoms with Gasteiger partial charge in [0.15, 0.2) is 0 Å². The van der Waals surface area contributed by atoms with E-state index in [1.165, 1.54) is 0 Å². The number of carbonyl (C=O) groups excluding carboxylic acids is 3. The van der Waals surface area contributed by atoms with Crippen LogP contribution in [0, 0.1) is 11.8 Å². The molecule has 0 heterocycles. The lowest BCUT2D eigenvalue weighted by Crippen LogP contribution is -2.27. The Labute approximate surface area is 124 Å². The van der Waals surface area contributed by atoms with Crippen molar-refractivity contribution in [2.45, 2.75) is 26.2 Å². The molecule has 7 nitrogen and oxygen atoms in total. The van der Waals surface area contributed by atoms with E-state index in [2.05, 4.69) is 22.5 Å². The van der Waals surface area contributed by atoms with E-state index in [9.17, 15) is 14.4 Å². The summed E-state index contributed by atoms with van der Waals surface area (Å²) in [6, 6.07) is 0. The van der Waals surface area contributed by atoms with E-state index in [0.717, 1.165) is 0 Å². The van der Waals surface area contributed by atoms with E-state index in [-0.39, 0.29) is 32.1 Å². The molecule has 0 aliphatic rings. The molecule has 0 aliphatic carbocycles. The zero-order valence-electron chi connectivity index (χ0n) is 12.2. The third kappa shape index (κ3) is 12.9. The normalized spacial score (nSPS) is 9.43. The van der Waals surface area contributed by atoms with Crippen LogP contribution >= 0.6 is 0 Å². The quantitative estimate of drug-likeness (QED) is 0.354. The Hall–Kier alpha value is -1.91. The van der Waals surface area contributed by atoms with Gasteiger partial charge in [0.05, 0.1) is 19.8 Å². The molecule has 0 aliphatic heterocycles. The largest absolute Gasteiger partial charge is 0.394 e. The van der Waals surface area contributed by atoms with Gasteiger partial charge in [0.2, 0.25) is 0 Å². The summed E-state index contributed by atoms with van der Waals surface area (Å²) >= 11 is 0. The molecule has 0 saturated heterocycles. The van der Waals surface area contributed by atoms with Crippen LogP contribution in [0.5, 0.6) is 0 Å². The lowest BCUT2D eigenvalue weighted by atomic mass is 10.2. The Morgan fingerprint density at radius 2 is 1.67 bits per heavy atom. The zero-order chi connectivity index (χ0) is 15.9. The predicted molar refractivity (Wildman–Crippen MR) is 76.2 cm³/mol. The fourth-order valence-corrected chi connectivity index (χ4v) is 1.27. The topological polar surface area (TPSA) is 105 Å². The summed E-state index contributed by atoms with van der Waals surface area (Å²) in [7, 11) is 0. The first-order valence-corrected chi connectivity index (χ1v) is 6.88. The standard InChI is InChI=1S/C14H22N2O5/c1-2-12(18)4-3-7-15-13(19)5-6-14(20)16-8-10-21-11-9-17/h17H,2-4,7-11H2,1H3,(H,15,19)(H,16,20). The van der Waals surface area contributed by atoms with Crippen LogP contribution in [-0.2, 0) is 19.1 Å². The minimum atomic E-state index is -0.570. The minimum Gasteiger partial charge on any atom is -0.394 e. The second kappa shape index (κ2) is 13.1. The number of amides is 2. The van der Waals surface area contributed by atoms with Crippen LogP contribution in [0.4, 0.5) is 0 Å². The Bertz CT molecular complexity index is 398. The molecule has 118 valence electrons. The molecule has 0 atom stereocenters. The van der Waals surface area contributed by atoms with Crippen LogP contribution in [0.3, 0.4) is 0 Å². The third-order valence-electron chi connectivity index (χ3n) is 2.37. The monoisotopic (exact) mass is 298 g/mol. The molecule has 21 heavy (non-hydrogen) atoms. The van der Waals surface area contributed by atoms with Crippen LogP contribution in [0.15, 0.2) is 0 Å². The fraction of sp³-hybridized carbons (Fsp3) is 0.643. The van der Waals surface area contributed by atoms with Gasteiger partial charge in [0, 0.05) is 37.8 Å². The van der Waals surface area contributed by atoms with Crippen LogP contribution in [0.1, 0.15) is 26.2 Å². The molecular formula is C14H22N2O5. The van der Waals surface area contributed by atoms with E-state index >= 15 is 0 Å². The van der Waals surface area contributed by atoms with Crippen molar-refractivity contribution in [2.75, 3.05) is 32.9 Å². The highest BCUT2D eigenvalue weighted by Gasteiger charge is 2.00. The second-order valence-corrected chi connectivity index (χ2v) is 4.09. The summed E-state index contributed by atoms with van der Waals surface area (Å²) in [6.07, 6.45) is 1.49. The van der Waals surface area contributed by atoms with Crippen LogP contribution < -0.4 is 10.6 Å². The highest BCUT2D eigenvalue weighted by Crippen LogP contribution is 1.92. The fourth-order valence-electron chi connectivity index (χ4n) is 1.27. The van der Waals surface area contributed by atoms with Crippen molar-refractivity contribution >= 4 is 17.6 Å². The van der Waals surface area contributed by atoms with Gasteiger partial charge >= 0.3 is 0 Å². The smallest absolute Gasteiger partial charge is 0.296 e. The zero-order valence-corrected chi connectivity index (χ0v) is 12.2. The lowest BCUT2D eigenvalue weighted by Gasteiger charge is -2.01. The maximum Gasteiger partial charge on any atom is 0.296 e. The van der Waals surface area contributed by atoms with Gasteiger partial charge in [0.1, 0.15) is 5.78 Å². The van der Waals surface area contributed by atoms with Gasteiger partial charge in [-0.15, -0.1) is 0 Å². The number of aliphatic hydroxyl groups is 1. The molecule has 7 heteroatoms. The number of carbonyl (C=O) groups is 3. The Kier molecular flexibility index (Phi) is 11.9. The van der Waals surface area contributed by atoms with E-state index in [1.54, 1.807) is 6.92 Å². The SMILES string of the molecule is CCC(=O)CCCNC(=O)C#CC(=O)NCCOCCO. The molecule has 0 radical (unpaired) electrons. The summed E-state index contributed by atoms with van der Waals surface area (Å²) in [4.78, 5) is 33.5. The summed E-state index contributed by atoms with van der Waals surface area (Å²) in [5, 5.41) is 13.4. The van der Waals surface area contributed by atoms with Gasteiger partial charge in [-0.05, 0) is 6.42 Å². The van der Waals surface area contributed by atoms with Gasteiger partial charge in [-0.2, -0.15) is 0 Å². The van der Waals surface area contributed by atoms with Crippen molar-refractivity contribution in [2.24, 2.45) is 0 Å². The predicted octanol–water partition coefficient (Wildman–Crippen LogP) is -1.01. The Morgan fingerprint density at radius 3 is 2.24 bits per heavy atom. The molecule has 0 aromatic carbocycles. The van der Waals surface area contributed by atoms with E-state index in [4.69, 9.17) is 9.84 Å². The first kappa shape index (κ1) is 19.1. The average molecular weight is 298 g/mol. The minimum absolute atomic E-state index is 0.0717. The number of ketones is 1. The van der Waals surface area contributed by atoms with Crippen LogP contribution in [0.2, 0.25) is 0 Å². The first-order chi connectivity index (χ1) is 10.1. The molecule has 0 aromatic rings. The van der Waals surface area contributed by atoms with E-state index in [0.29, 0.717) is 25.8 Å². The highest BCUT2D eigenvalue weighted by molar-refractivity contribution is 6.02. The molecule has 0 bridgehead atoms. The first-order valence-electron chi connectivity index (χ1n) is 6.88. The number of rotatable bonds is 10. The molecule has 0 aromatic heterocycles. The molecule has 3 N–H and O–H groups in total. The summed E-state index contributed by atoms with van der Waals surface area (Å²) in [5.41, 5.74) is 0. The molecule has 0 unspecified atom stereocenters. The molecule has 0 spiro atoms. The van der Waals surface area contributed by atoms with Gasteiger partial charge in [-0.3, -0.25) is 14.4 Å². The van der Waals surface area contributed by atoms with Crippen molar-refractivity contribution < 1.29 is 24.2 Å². The maximum atomic E-state index is 11.3. The summed E-state index contributed by atoms with van der Waals surface area (Å²) in [5.74, 6) is 3.34. The molecule has 2 amide bonds. The van der Waals surface area contributed by atoms with Crippen molar-refractivity contribution in [3.63, 3.8) is 0 Å². The molecule has 0 saturated carbocycles. The van der Waals surface area contributed by atoms with Crippen molar-refractivity contribution in [1.29, 1.82) is 0 Å². The molecule has 0 fully saturated rings. The lowest BCUT2D eigenvalue weighted by molar-refractivity contribution is -0.119. The number of hydrogen-bond acceptors (Lipinski definition) is 5. The molecular weight excluding hydrogens is 276 g/mol. The number of ether oxygens (including phenoxy) is 1. The third-order valence-corrected chi connectivity index (χ3v) is 2.37. The van der Waals surface area contributed by atoms with E-state index in [1.807, 2.05) is 0 Å². The summed E-state index contributed by atoms with van der Waals surface area (Å²) < 4.78 is 4.93. The maximum absolute atomic E-state index is 11.3. The summed E-state index contributed by atoms with van der Waals surface area (Å²) in [6.45, 7) is 2.82. The van der Waals surface area contributed by atoms with Gasteiger partial charge in [-0.1, -0.05) is 6.92 Å². The highest BCUT2D eigenvalue weighted by atomic mass is 16.5. The van der Waals surface area contributed by atoms with Gasteiger partial charge < -0.3 is 20.5 Å². The molecule has 0 rings (SSSR count). The van der Waals surface area contributed by atoms with Crippen molar-refractivity contribution in [3.8, 4) is 11.8 Å². The second-order valence-electron chi connectivity index (χ2n) is 4.09. The number of aliphatic hydroxyl groups excluding tert-OH is 1. The number of nitrogens with one attached hydrogen (secondary N) is 2. The van der Waals surface area contributed by atoms with Crippen LogP contribution in [-0.4, -0.2) is 55.6 Å². The Morgan fingerprint density at radius 1 is 1.05 bits per heavy atom.